The van der Waals surface area contributed by atoms with Crippen LogP contribution in [0.4, 0.5) is 5.69 Å². The van der Waals surface area contributed by atoms with E-state index in [4.69, 9.17) is 0 Å². The van der Waals surface area contributed by atoms with Gasteiger partial charge in [-0.3, -0.25) is 4.68 Å². The maximum absolute atomic E-state index is 4.24. The van der Waals surface area contributed by atoms with Crippen LogP contribution in [0.25, 0.3) is 0 Å². The highest BCUT2D eigenvalue weighted by molar-refractivity contribution is 5.46. The largest absolute Gasteiger partial charge is 0.382 e. The van der Waals surface area contributed by atoms with Gasteiger partial charge in [-0.1, -0.05) is 6.92 Å². The zero-order valence-corrected chi connectivity index (χ0v) is 8.38. The van der Waals surface area contributed by atoms with Gasteiger partial charge in [0.25, 0.3) is 0 Å². The number of nitrogens with one attached hydrogen (secondary N) is 1. The minimum atomic E-state index is 0.921. The number of nitrogens with zero attached hydrogens (tertiary/aromatic N) is 2. The van der Waals surface area contributed by atoms with Crippen LogP contribution in [0, 0.1) is 5.92 Å². The summed E-state index contributed by atoms with van der Waals surface area (Å²) in [5, 5.41) is 7.70. The van der Waals surface area contributed by atoms with Crippen LogP contribution >= 0.6 is 0 Å². The number of hydrogen-bond acceptors (Lipinski definition) is 2. The molecule has 0 aliphatic heterocycles. The first-order chi connectivity index (χ1) is 6.31. The molecule has 1 aliphatic rings. The van der Waals surface area contributed by atoms with Crippen LogP contribution in [-0.2, 0) is 13.5 Å². The Morgan fingerprint density at radius 3 is 3.00 bits per heavy atom. The van der Waals surface area contributed by atoms with Gasteiger partial charge < -0.3 is 5.32 Å². The summed E-state index contributed by atoms with van der Waals surface area (Å²) in [4.78, 5) is 0. The average molecular weight is 179 g/mol. The Kier molecular flexibility index (Phi) is 2.25. The van der Waals surface area contributed by atoms with Crippen molar-refractivity contribution in [3.8, 4) is 0 Å². The van der Waals surface area contributed by atoms with Crippen LogP contribution in [0.1, 0.15) is 25.5 Å². The van der Waals surface area contributed by atoms with E-state index in [-0.39, 0.29) is 0 Å². The molecular weight excluding hydrogens is 162 g/mol. The molecule has 0 atom stereocenters. The molecular formula is C10H17N3. The molecule has 1 aromatic heterocycles. The van der Waals surface area contributed by atoms with Gasteiger partial charge in [0.2, 0.25) is 0 Å². The van der Waals surface area contributed by atoms with Crippen molar-refractivity contribution >= 4 is 5.69 Å². The second kappa shape index (κ2) is 3.40. The molecule has 0 aromatic carbocycles. The maximum Gasteiger partial charge on any atom is 0.0759 e. The molecule has 0 spiro atoms. The molecule has 3 nitrogen and oxygen atoms in total. The fourth-order valence-corrected chi connectivity index (χ4v) is 1.61. The first-order valence-electron chi connectivity index (χ1n) is 5.06. The fourth-order valence-electron chi connectivity index (χ4n) is 1.61. The zero-order chi connectivity index (χ0) is 9.26. The summed E-state index contributed by atoms with van der Waals surface area (Å²) in [7, 11) is 2.00. The normalized spacial score (nSPS) is 16.2. The number of hydrogen-bond donors (Lipinski definition) is 1. The minimum absolute atomic E-state index is 0.921. The number of aromatic nitrogens is 2. The van der Waals surface area contributed by atoms with E-state index in [9.17, 15) is 0 Å². The van der Waals surface area contributed by atoms with E-state index in [1.54, 1.807) is 0 Å². The highest BCUT2D eigenvalue weighted by Gasteiger charge is 2.21. The van der Waals surface area contributed by atoms with Crippen molar-refractivity contribution in [3.63, 3.8) is 0 Å². The highest BCUT2D eigenvalue weighted by atomic mass is 15.3. The third-order valence-corrected chi connectivity index (χ3v) is 2.67. The second-order valence-electron chi connectivity index (χ2n) is 3.81. The molecule has 1 saturated carbocycles. The van der Waals surface area contributed by atoms with Crippen LogP contribution in [0.3, 0.4) is 0 Å². The number of rotatable bonds is 4. The molecule has 2 rings (SSSR count). The van der Waals surface area contributed by atoms with E-state index in [0.717, 1.165) is 18.9 Å². The summed E-state index contributed by atoms with van der Waals surface area (Å²) in [6.07, 6.45) is 5.77. The average Bonchev–Trinajstić information content (AvgIpc) is 2.88. The van der Waals surface area contributed by atoms with Crippen LogP contribution in [0.15, 0.2) is 6.20 Å². The molecule has 0 bridgehead atoms. The Morgan fingerprint density at radius 2 is 2.38 bits per heavy atom. The summed E-state index contributed by atoms with van der Waals surface area (Å²) in [6.45, 7) is 3.29. The van der Waals surface area contributed by atoms with Gasteiger partial charge >= 0.3 is 0 Å². The van der Waals surface area contributed by atoms with E-state index in [0.29, 0.717) is 0 Å². The molecule has 3 heteroatoms. The van der Waals surface area contributed by atoms with Crippen molar-refractivity contribution < 1.29 is 0 Å². The van der Waals surface area contributed by atoms with E-state index in [1.165, 1.54) is 24.2 Å². The molecule has 72 valence electrons. The Labute approximate surface area is 79.1 Å². The smallest absolute Gasteiger partial charge is 0.0759 e. The Balaban J connectivity index is 2.00. The van der Waals surface area contributed by atoms with Crippen molar-refractivity contribution in [2.45, 2.75) is 26.2 Å². The quantitative estimate of drug-likeness (QED) is 0.764. The standard InChI is InChI=1S/C10H17N3/c1-3-10-9(7-12-13(10)2)11-6-8-4-5-8/h7-8,11H,3-6H2,1-2H3. The second-order valence-corrected chi connectivity index (χ2v) is 3.81. The lowest BCUT2D eigenvalue weighted by Gasteiger charge is -2.05. The first-order valence-corrected chi connectivity index (χ1v) is 5.06. The predicted octanol–water partition coefficient (Wildman–Crippen LogP) is 1.80. The zero-order valence-electron chi connectivity index (χ0n) is 8.38. The molecule has 0 amide bonds. The monoisotopic (exact) mass is 179 g/mol. The molecule has 1 heterocycles. The number of anilines is 1. The van der Waals surface area contributed by atoms with Crippen LogP contribution in [-0.4, -0.2) is 16.3 Å². The molecule has 0 unspecified atom stereocenters. The van der Waals surface area contributed by atoms with E-state index >= 15 is 0 Å². The van der Waals surface area contributed by atoms with Gasteiger partial charge in [0.1, 0.15) is 0 Å². The minimum Gasteiger partial charge on any atom is -0.382 e. The van der Waals surface area contributed by atoms with Gasteiger partial charge in [-0.15, -0.1) is 0 Å². The molecule has 0 radical (unpaired) electrons. The Morgan fingerprint density at radius 1 is 1.62 bits per heavy atom. The van der Waals surface area contributed by atoms with Crippen LogP contribution < -0.4 is 5.32 Å². The molecule has 0 saturated heterocycles. The molecule has 13 heavy (non-hydrogen) atoms. The molecule has 1 fully saturated rings. The lowest BCUT2D eigenvalue weighted by atomic mass is 10.3. The summed E-state index contributed by atoms with van der Waals surface area (Å²) >= 11 is 0. The van der Waals surface area contributed by atoms with Crippen molar-refractivity contribution in [1.82, 2.24) is 9.78 Å². The van der Waals surface area contributed by atoms with Gasteiger partial charge in [0.05, 0.1) is 17.6 Å². The molecule has 1 N–H and O–H groups in total. The highest BCUT2D eigenvalue weighted by Crippen LogP contribution is 2.29. The summed E-state index contributed by atoms with van der Waals surface area (Å²) in [6, 6.07) is 0. The lowest BCUT2D eigenvalue weighted by Crippen LogP contribution is -2.05. The van der Waals surface area contributed by atoms with Gasteiger partial charge in [-0.2, -0.15) is 5.10 Å². The predicted molar refractivity (Wildman–Crippen MR) is 53.8 cm³/mol. The maximum atomic E-state index is 4.24. The summed E-state index contributed by atoms with van der Waals surface area (Å²) in [5.41, 5.74) is 2.53. The fraction of sp³-hybridized carbons (Fsp3) is 0.700. The molecule has 1 aromatic rings. The van der Waals surface area contributed by atoms with E-state index in [2.05, 4.69) is 17.3 Å². The SMILES string of the molecule is CCc1c(NCC2CC2)cnn1C. The third kappa shape index (κ3) is 1.85. The van der Waals surface area contributed by atoms with Gasteiger partial charge in [0, 0.05) is 13.6 Å². The Bertz CT molecular complexity index is 286. The van der Waals surface area contributed by atoms with Gasteiger partial charge in [-0.05, 0) is 25.2 Å². The van der Waals surface area contributed by atoms with Crippen molar-refractivity contribution in [2.24, 2.45) is 13.0 Å². The Hall–Kier alpha value is -0.990. The lowest BCUT2D eigenvalue weighted by molar-refractivity contribution is 0.718. The summed E-state index contributed by atoms with van der Waals surface area (Å²) in [5.74, 6) is 0.921. The van der Waals surface area contributed by atoms with Crippen molar-refractivity contribution in [1.29, 1.82) is 0 Å². The number of aryl methyl sites for hydroxylation is 1. The summed E-state index contributed by atoms with van der Waals surface area (Å²) < 4.78 is 1.95. The van der Waals surface area contributed by atoms with Crippen LogP contribution in [0.2, 0.25) is 0 Å². The van der Waals surface area contributed by atoms with Gasteiger partial charge in [-0.25, -0.2) is 0 Å². The van der Waals surface area contributed by atoms with E-state index < -0.39 is 0 Å². The topological polar surface area (TPSA) is 29.9 Å². The van der Waals surface area contributed by atoms with Crippen molar-refractivity contribution in [3.05, 3.63) is 11.9 Å². The molecule has 1 aliphatic carbocycles. The van der Waals surface area contributed by atoms with Crippen LogP contribution in [0.5, 0.6) is 0 Å². The van der Waals surface area contributed by atoms with E-state index in [1.807, 2.05) is 17.9 Å². The third-order valence-electron chi connectivity index (χ3n) is 2.67. The van der Waals surface area contributed by atoms with Crippen molar-refractivity contribution in [2.75, 3.05) is 11.9 Å². The first kappa shape index (κ1) is 8.60. The van der Waals surface area contributed by atoms with Gasteiger partial charge in [0.15, 0.2) is 0 Å².